The van der Waals surface area contributed by atoms with Crippen molar-refractivity contribution in [1.82, 2.24) is 4.90 Å². The number of hydrogen-bond acceptors (Lipinski definition) is 2. The van der Waals surface area contributed by atoms with E-state index >= 15 is 0 Å². The van der Waals surface area contributed by atoms with E-state index in [4.69, 9.17) is 0 Å². The highest BCUT2D eigenvalue weighted by Crippen LogP contribution is 2.41. The maximum Gasteiger partial charge on any atom is 0.233 e. The molecule has 0 aromatic heterocycles. The number of carbonyl (C=O) groups excluding carboxylic acids is 1. The summed E-state index contributed by atoms with van der Waals surface area (Å²) in [5, 5.41) is 3.07. The molecule has 19 heavy (non-hydrogen) atoms. The van der Waals surface area contributed by atoms with E-state index in [1.807, 2.05) is 6.07 Å². The molecule has 2 atom stereocenters. The lowest BCUT2D eigenvalue weighted by atomic mass is 9.88. The number of hydrogen-bond donors (Lipinski definition) is 1. The number of amides is 1. The van der Waals surface area contributed by atoms with Gasteiger partial charge in [0.05, 0.1) is 5.92 Å². The van der Waals surface area contributed by atoms with E-state index in [0.29, 0.717) is 6.04 Å². The Bertz CT molecular complexity index is 498. The van der Waals surface area contributed by atoms with Crippen LogP contribution in [0.4, 0.5) is 5.69 Å². The second kappa shape index (κ2) is 4.97. The largest absolute Gasteiger partial charge is 0.325 e. The Morgan fingerprint density at radius 2 is 2.21 bits per heavy atom. The van der Waals surface area contributed by atoms with E-state index in [1.54, 1.807) is 0 Å². The molecule has 1 aromatic carbocycles. The molecule has 3 nitrogen and oxygen atoms in total. The molecular weight excluding hydrogens is 236 g/mol. The summed E-state index contributed by atoms with van der Waals surface area (Å²) in [6, 6.07) is 6.64. The van der Waals surface area contributed by atoms with Crippen LogP contribution in [0.3, 0.4) is 0 Å². The molecule has 2 heterocycles. The van der Waals surface area contributed by atoms with Gasteiger partial charge in [0.25, 0.3) is 0 Å². The molecule has 0 fully saturated rings. The first-order chi connectivity index (χ1) is 9.26. The molecule has 1 amide bonds. The lowest BCUT2D eigenvalue weighted by molar-refractivity contribution is -0.118. The first-order valence-corrected chi connectivity index (χ1v) is 7.43. The normalized spacial score (nSPS) is 25.9. The van der Waals surface area contributed by atoms with Crippen LogP contribution in [0.2, 0.25) is 0 Å². The second-order valence-corrected chi connectivity index (χ2v) is 5.61. The average Bonchev–Trinajstić information content (AvgIpc) is 2.65. The smallest absolute Gasteiger partial charge is 0.233 e. The molecule has 0 spiro atoms. The minimum absolute atomic E-state index is 0.0326. The maximum atomic E-state index is 12.4. The highest BCUT2D eigenvalue weighted by molar-refractivity contribution is 6.04. The van der Waals surface area contributed by atoms with Crippen LogP contribution >= 0.6 is 0 Å². The fourth-order valence-electron chi connectivity index (χ4n) is 3.72. The van der Waals surface area contributed by atoms with Gasteiger partial charge < -0.3 is 5.32 Å². The predicted molar refractivity (Wildman–Crippen MR) is 77.5 cm³/mol. The average molecular weight is 258 g/mol. The van der Waals surface area contributed by atoms with Gasteiger partial charge in [-0.3, -0.25) is 9.69 Å². The van der Waals surface area contributed by atoms with Crippen molar-refractivity contribution in [1.29, 1.82) is 0 Å². The van der Waals surface area contributed by atoms with Crippen LogP contribution in [0, 0.1) is 0 Å². The molecule has 2 aliphatic rings. The molecule has 0 saturated heterocycles. The molecule has 102 valence electrons. The SMILES string of the molecule is CCCN1CCc2cccc3c2[C@@H](C(=O)N3)[C@H]1CC. The molecule has 0 radical (unpaired) electrons. The third kappa shape index (κ3) is 1.96. The van der Waals surface area contributed by atoms with Gasteiger partial charge in [0.15, 0.2) is 0 Å². The summed E-state index contributed by atoms with van der Waals surface area (Å²) in [4.78, 5) is 14.9. The predicted octanol–water partition coefficient (Wildman–Crippen LogP) is 2.77. The number of nitrogens with zero attached hydrogens (tertiary/aromatic N) is 1. The molecule has 0 unspecified atom stereocenters. The van der Waals surface area contributed by atoms with Gasteiger partial charge in [-0.05, 0) is 43.0 Å². The van der Waals surface area contributed by atoms with Crippen LogP contribution in [0.25, 0.3) is 0 Å². The van der Waals surface area contributed by atoms with Gasteiger partial charge in [0, 0.05) is 18.3 Å². The standard InChI is InChI=1S/C16H22N2O/c1-3-9-18-10-8-11-6-5-7-12-14(11)15(13(18)4-2)16(19)17-12/h5-7,13,15H,3-4,8-10H2,1-2H3,(H,17,19)/t13-,15+/m1/s1. The first-order valence-electron chi connectivity index (χ1n) is 7.43. The zero-order valence-corrected chi connectivity index (χ0v) is 11.8. The van der Waals surface area contributed by atoms with E-state index in [1.165, 1.54) is 11.1 Å². The Morgan fingerprint density at radius 3 is 2.95 bits per heavy atom. The lowest BCUT2D eigenvalue weighted by Gasteiger charge is -2.32. The van der Waals surface area contributed by atoms with Crippen LogP contribution < -0.4 is 5.32 Å². The maximum absolute atomic E-state index is 12.4. The zero-order chi connectivity index (χ0) is 13.4. The van der Waals surface area contributed by atoms with Gasteiger partial charge in [-0.25, -0.2) is 0 Å². The minimum atomic E-state index is 0.0326. The zero-order valence-electron chi connectivity index (χ0n) is 11.8. The second-order valence-electron chi connectivity index (χ2n) is 5.61. The quantitative estimate of drug-likeness (QED) is 0.904. The molecular formula is C16H22N2O. The summed E-state index contributed by atoms with van der Waals surface area (Å²) in [5.41, 5.74) is 3.68. The number of carbonyl (C=O) groups is 1. The lowest BCUT2D eigenvalue weighted by Crippen LogP contribution is -2.41. The fraction of sp³-hybridized carbons (Fsp3) is 0.562. The van der Waals surface area contributed by atoms with Gasteiger partial charge in [0.1, 0.15) is 0 Å². The van der Waals surface area contributed by atoms with Gasteiger partial charge in [0.2, 0.25) is 5.91 Å². The van der Waals surface area contributed by atoms with Gasteiger partial charge in [-0.1, -0.05) is 26.0 Å². The third-order valence-corrected chi connectivity index (χ3v) is 4.50. The summed E-state index contributed by atoms with van der Waals surface area (Å²) in [6.07, 6.45) is 3.24. The van der Waals surface area contributed by atoms with Crippen LogP contribution in [0.5, 0.6) is 0 Å². The van der Waals surface area contributed by atoms with Crippen LogP contribution in [0.15, 0.2) is 18.2 Å². The fourth-order valence-corrected chi connectivity index (χ4v) is 3.72. The molecule has 3 rings (SSSR count). The Hall–Kier alpha value is -1.35. The molecule has 2 aliphatic heterocycles. The van der Waals surface area contributed by atoms with Gasteiger partial charge in [-0.2, -0.15) is 0 Å². The summed E-state index contributed by atoms with van der Waals surface area (Å²) in [7, 11) is 0. The first kappa shape index (κ1) is 12.7. The highest BCUT2D eigenvalue weighted by atomic mass is 16.2. The Labute approximate surface area is 115 Å². The van der Waals surface area contributed by atoms with Crippen molar-refractivity contribution in [3.05, 3.63) is 29.3 Å². The van der Waals surface area contributed by atoms with Crippen molar-refractivity contribution in [3.63, 3.8) is 0 Å². The molecule has 1 N–H and O–H groups in total. The van der Waals surface area contributed by atoms with Crippen molar-refractivity contribution < 1.29 is 4.79 Å². The van der Waals surface area contributed by atoms with Crippen molar-refractivity contribution in [2.75, 3.05) is 18.4 Å². The number of anilines is 1. The van der Waals surface area contributed by atoms with Gasteiger partial charge >= 0.3 is 0 Å². The van der Waals surface area contributed by atoms with Crippen LogP contribution in [-0.4, -0.2) is 29.9 Å². The summed E-state index contributed by atoms with van der Waals surface area (Å²) in [6.45, 7) is 6.58. The van der Waals surface area contributed by atoms with Crippen LogP contribution in [-0.2, 0) is 11.2 Å². The number of nitrogens with one attached hydrogen (secondary N) is 1. The summed E-state index contributed by atoms with van der Waals surface area (Å²) < 4.78 is 0. The summed E-state index contributed by atoms with van der Waals surface area (Å²) in [5.74, 6) is 0.225. The molecule has 0 aliphatic carbocycles. The van der Waals surface area contributed by atoms with E-state index in [-0.39, 0.29) is 11.8 Å². The topological polar surface area (TPSA) is 32.3 Å². The molecule has 3 heteroatoms. The summed E-state index contributed by atoms with van der Waals surface area (Å²) >= 11 is 0. The molecule has 0 bridgehead atoms. The number of rotatable bonds is 3. The Balaban J connectivity index is 2.06. The van der Waals surface area contributed by atoms with E-state index in [2.05, 4.69) is 36.2 Å². The number of benzene rings is 1. The van der Waals surface area contributed by atoms with E-state index < -0.39 is 0 Å². The molecule has 1 aromatic rings. The van der Waals surface area contributed by atoms with Crippen molar-refractivity contribution in [2.45, 2.75) is 45.1 Å². The monoisotopic (exact) mass is 258 g/mol. The van der Waals surface area contributed by atoms with Crippen molar-refractivity contribution in [2.24, 2.45) is 0 Å². The minimum Gasteiger partial charge on any atom is -0.325 e. The highest BCUT2D eigenvalue weighted by Gasteiger charge is 2.41. The van der Waals surface area contributed by atoms with Crippen LogP contribution in [0.1, 0.15) is 43.7 Å². The van der Waals surface area contributed by atoms with Crippen molar-refractivity contribution in [3.8, 4) is 0 Å². The molecule has 0 saturated carbocycles. The third-order valence-electron chi connectivity index (χ3n) is 4.50. The van der Waals surface area contributed by atoms with Gasteiger partial charge in [-0.15, -0.1) is 0 Å². The Morgan fingerprint density at radius 1 is 1.37 bits per heavy atom. The van der Waals surface area contributed by atoms with E-state index in [9.17, 15) is 4.79 Å². The Kier molecular flexibility index (Phi) is 3.31. The van der Waals surface area contributed by atoms with E-state index in [0.717, 1.165) is 38.0 Å². The van der Waals surface area contributed by atoms with Crippen molar-refractivity contribution >= 4 is 11.6 Å².